The van der Waals surface area contributed by atoms with Gasteiger partial charge in [0.1, 0.15) is 18.1 Å². The number of nitrogens with zero attached hydrogens (tertiary/aromatic N) is 4. The molecular weight excluding hydrogens is 356 g/mol. The van der Waals surface area contributed by atoms with Crippen molar-refractivity contribution in [2.75, 3.05) is 0 Å². The van der Waals surface area contributed by atoms with E-state index in [1.807, 2.05) is 10.8 Å². The largest absolute Gasteiger partial charge is 0.363 e. The van der Waals surface area contributed by atoms with Crippen molar-refractivity contribution in [2.45, 2.75) is 12.5 Å². The third kappa shape index (κ3) is 3.81. The number of nitrogens with one attached hydrogen (secondary N) is 1. The molecule has 0 aliphatic rings. The number of imidazole rings is 1. The highest BCUT2D eigenvalue weighted by Crippen LogP contribution is 2.11. The first-order valence-corrected chi connectivity index (χ1v) is 8.46. The van der Waals surface area contributed by atoms with Gasteiger partial charge in [0.2, 0.25) is 11.7 Å². The highest BCUT2D eigenvalue weighted by Gasteiger charge is 2.27. The molecule has 0 fully saturated rings. The summed E-state index contributed by atoms with van der Waals surface area (Å²) in [6.07, 6.45) is 5.92. The number of hydrogen-bond donors (Lipinski definition) is 2. The first-order chi connectivity index (χ1) is 12.6. The fraction of sp³-hybridized carbons (Fsp3) is 0.125. The van der Waals surface area contributed by atoms with Crippen LogP contribution >= 0.6 is 11.3 Å². The Kier molecular flexibility index (Phi) is 5.13. The standard InChI is InChI=1S/C16H14N6O3S/c17-14(24)13(23)11(6-10-2-5-26-8-10)21-15(25)12-7-18-9-22(12)16-19-3-1-4-20-16/h1-5,7-9,11H,6H2,(H2,17,24)(H,21,25). The molecular formula is C16H14N6O3S. The minimum absolute atomic E-state index is 0.129. The van der Waals surface area contributed by atoms with Gasteiger partial charge in [-0.1, -0.05) is 0 Å². The lowest BCUT2D eigenvalue weighted by Gasteiger charge is -2.16. The highest BCUT2D eigenvalue weighted by molar-refractivity contribution is 7.07. The van der Waals surface area contributed by atoms with Gasteiger partial charge in [-0.25, -0.2) is 15.0 Å². The maximum absolute atomic E-state index is 12.6. The van der Waals surface area contributed by atoms with Crippen LogP contribution in [0.4, 0.5) is 0 Å². The maximum atomic E-state index is 12.6. The number of nitrogens with two attached hydrogens (primary N) is 1. The molecule has 0 aliphatic heterocycles. The van der Waals surface area contributed by atoms with Gasteiger partial charge in [-0.2, -0.15) is 11.3 Å². The molecule has 0 radical (unpaired) electrons. The molecule has 0 spiro atoms. The minimum Gasteiger partial charge on any atom is -0.363 e. The molecule has 1 unspecified atom stereocenters. The van der Waals surface area contributed by atoms with Crippen molar-refractivity contribution < 1.29 is 14.4 Å². The predicted molar refractivity (Wildman–Crippen MR) is 92.6 cm³/mol. The van der Waals surface area contributed by atoms with E-state index >= 15 is 0 Å². The van der Waals surface area contributed by atoms with Gasteiger partial charge in [0, 0.05) is 18.8 Å². The van der Waals surface area contributed by atoms with E-state index in [2.05, 4.69) is 20.3 Å². The number of amides is 2. The Labute approximate surface area is 151 Å². The van der Waals surface area contributed by atoms with Gasteiger partial charge in [0.25, 0.3) is 11.8 Å². The topological polar surface area (TPSA) is 133 Å². The van der Waals surface area contributed by atoms with E-state index in [1.165, 1.54) is 40.8 Å². The Balaban J connectivity index is 1.83. The zero-order valence-electron chi connectivity index (χ0n) is 13.4. The van der Waals surface area contributed by atoms with Crippen LogP contribution in [0.15, 0.2) is 47.8 Å². The average Bonchev–Trinajstić information content (AvgIpc) is 3.32. The maximum Gasteiger partial charge on any atom is 0.287 e. The van der Waals surface area contributed by atoms with E-state index < -0.39 is 23.6 Å². The van der Waals surface area contributed by atoms with Crippen molar-refractivity contribution in [2.24, 2.45) is 5.73 Å². The van der Waals surface area contributed by atoms with Gasteiger partial charge in [-0.15, -0.1) is 0 Å². The Morgan fingerprint density at radius 2 is 2.04 bits per heavy atom. The quantitative estimate of drug-likeness (QED) is 0.568. The number of thiophene rings is 1. The molecule has 0 saturated heterocycles. The minimum atomic E-state index is -1.11. The molecule has 1 atom stereocenters. The molecule has 2 amide bonds. The zero-order chi connectivity index (χ0) is 18.5. The van der Waals surface area contributed by atoms with E-state index in [0.717, 1.165) is 5.56 Å². The number of Topliss-reactive ketones (excluding diaryl/α,β-unsaturated/α-hetero) is 1. The number of hydrogen-bond acceptors (Lipinski definition) is 7. The van der Waals surface area contributed by atoms with Crippen LogP contribution in [0.25, 0.3) is 5.95 Å². The van der Waals surface area contributed by atoms with E-state index in [9.17, 15) is 14.4 Å². The van der Waals surface area contributed by atoms with Crippen LogP contribution in [0.1, 0.15) is 16.1 Å². The van der Waals surface area contributed by atoms with Crippen molar-refractivity contribution >= 4 is 28.9 Å². The van der Waals surface area contributed by atoms with Gasteiger partial charge in [0.15, 0.2) is 0 Å². The van der Waals surface area contributed by atoms with Gasteiger partial charge in [-0.3, -0.25) is 19.0 Å². The smallest absolute Gasteiger partial charge is 0.287 e. The van der Waals surface area contributed by atoms with Crippen LogP contribution in [-0.2, 0) is 16.0 Å². The molecule has 3 aromatic rings. The lowest BCUT2D eigenvalue weighted by molar-refractivity contribution is -0.137. The zero-order valence-corrected chi connectivity index (χ0v) is 14.2. The van der Waals surface area contributed by atoms with E-state index in [0.29, 0.717) is 0 Å². The van der Waals surface area contributed by atoms with Crippen LogP contribution in [0.5, 0.6) is 0 Å². The van der Waals surface area contributed by atoms with Crippen molar-refractivity contribution in [3.05, 3.63) is 59.1 Å². The predicted octanol–water partition coefficient (Wildman–Crippen LogP) is 0.119. The fourth-order valence-electron chi connectivity index (χ4n) is 2.30. The van der Waals surface area contributed by atoms with Crippen LogP contribution in [0.2, 0.25) is 0 Å². The van der Waals surface area contributed by atoms with E-state index in [1.54, 1.807) is 12.1 Å². The number of carbonyl (C=O) groups is 3. The van der Waals surface area contributed by atoms with Crippen LogP contribution in [0.3, 0.4) is 0 Å². The molecule has 0 aromatic carbocycles. The van der Waals surface area contributed by atoms with Crippen LogP contribution in [0, 0.1) is 0 Å². The first-order valence-electron chi connectivity index (χ1n) is 7.51. The summed E-state index contributed by atoms with van der Waals surface area (Å²) in [6.45, 7) is 0. The lowest BCUT2D eigenvalue weighted by atomic mass is 10.0. The van der Waals surface area contributed by atoms with E-state index in [-0.39, 0.29) is 18.1 Å². The molecule has 3 heterocycles. The van der Waals surface area contributed by atoms with E-state index in [4.69, 9.17) is 5.73 Å². The summed E-state index contributed by atoms with van der Waals surface area (Å²) in [6, 6.07) is 2.37. The third-order valence-corrected chi connectivity index (χ3v) is 4.26. The second-order valence-electron chi connectivity index (χ2n) is 5.29. The number of aromatic nitrogens is 4. The monoisotopic (exact) mass is 370 g/mol. The SMILES string of the molecule is NC(=O)C(=O)C(Cc1ccsc1)NC(=O)c1cncn1-c1ncccn1. The molecule has 9 nitrogen and oxygen atoms in total. The second-order valence-corrected chi connectivity index (χ2v) is 6.07. The highest BCUT2D eigenvalue weighted by atomic mass is 32.1. The lowest BCUT2D eigenvalue weighted by Crippen LogP contribution is -2.47. The average molecular weight is 370 g/mol. The second kappa shape index (κ2) is 7.66. The summed E-state index contributed by atoms with van der Waals surface area (Å²) in [5.74, 6) is -2.31. The van der Waals surface area contributed by atoms with Gasteiger partial charge in [0.05, 0.1) is 6.20 Å². The van der Waals surface area contributed by atoms with Crippen LogP contribution in [-0.4, -0.2) is 43.2 Å². The van der Waals surface area contributed by atoms with Crippen molar-refractivity contribution in [1.29, 1.82) is 0 Å². The molecule has 0 saturated carbocycles. The molecule has 26 heavy (non-hydrogen) atoms. The number of carbonyl (C=O) groups excluding carboxylic acids is 3. The summed E-state index contributed by atoms with van der Waals surface area (Å²) in [4.78, 5) is 48.1. The Morgan fingerprint density at radius 3 is 2.69 bits per heavy atom. The summed E-state index contributed by atoms with van der Waals surface area (Å²) < 4.78 is 1.38. The first kappa shape index (κ1) is 17.4. The van der Waals surface area contributed by atoms with Crippen molar-refractivity contribution in [3.63, 3.8) is 0 Å². The third-order valence-electron chi connectivity index (χ3n) is 3.52. The fourth-order valence-corrected chi connectivity index (χ4v) is 2.98. The number of ketones is 1. The molecule has 3 rings (SSSR count). The Bertz CT molecular complexity index is 923. The molecule has 132 valence electrons. The number of rotatable bonds is 7. The molecule has 0 aliphatic carbocycles. The molecule has 10 heteroatoms. The van der Waals surface area contributed by atoms with Crippen LogP contribution < -0.4 is 11.1 Å². The summed E-state index contributed by atoms with van der Waals surface area (Å²) in [5.41, 5.74) is 6.05. The van der Waals surface area contributed by atoms with Crippen molar-refractivity contribution in [1.82, 2.24) is 24.8 Å². The molecule has 3 N–H and O–H groups in total. The summed E-state index contributed by atoms with van der Waals surface area (Å²) >= 11 is 1.45. The molecule has 3 aromatic heterocycles. The molecule has 0 bridgehead atoms. The van der Waals surface area contributed by atoms with Gasteiger partial charge in [-0.05, 0) is 28.5 Å². The Morgan fingerprint density at radius 1 is 1.27 bits per heavy atom. The van der Waals surface area contributed by atoms with Crippen molar-refractivity contribution in [3.8, 4) is 5.95 Å². The normalized spacial score (nSPS) is 11.7. The Hall–Kier alpha value is -3.40. The number of primary amides is 1. The summed E-state index contributed by atoms with van der Waals surface area (Å²) in [7, 11) is 0. The van der Waals surface area contributed by atoms with Gasteiger partial charge >= 0.3 is 0 Å². The van der Waals surface area contributed by atoms with Gasteiger partial charge < -0.3 is 11.1 Å². The summed E-state index contributed by atoms with van der Waals surface area (Å²) in [5, 5.41) is 6.21.